The first-order chi connectivity index (χ1) is 16.2. The van der Waals surface area contributed by atoms with E-state index in [0.717, 1.165) is 32.5 Å². The molecule has 0 unspecified atom stereocenters. The molecule has 3 heterocycles. The highest BCUT2D eigenvalue weighted by molar-refractivity contribution is 7.99. The molecule has 1 amide bonds. The van der Waals surface area contributed by atoms with Crippen LogP contribution in [0.3, 0.4) is 0 Å². The summed E-state index contributed by atoms with van der Waals surface area (Å²) in [6.07, 6.45) is 3.21. The number of fused-ring (bicyclic) bond motifs is 1. The van der Waals surface area contributed by atoms with Gasteiger partial charge in [0.2, 0.25) is 0 Å². The Bertz CT molecular complexity index is 1400. The molecule has 3 aromatic heterocycles. The molecule has 5 rings (SSSR count). The van der Waals surface area contributed by atoms with Gasteiger partial charge >= 0.3 is 0 Å². The summed E-state index contributed by atoms with van der Waals surface area (Å²) in [6, 6.07) is 25.6. The van der Waals surface area contributed by atoms with E-state index < -0.39 is 0 Å². The van der Waals surface area contributed by atoms with Crippen LogP contribution in [0.1, 0.15) is 21.6 Å². The van der Waals surface area contributed by atoms with Crippen molar-refractivity contribution in [1.29, 1.82) is 0 Å². The van der Waals surface area contributed by atoms with Gasteiger partial charge in [-0.1, -0.05) is 59.8 Å². The first-order valence-corrected chi connectivity index (χ1v) is 11.4. The van der Waals surface area contributed by atoms with Gasteiger partial charge in [-0.2, -0.15) is 5.10 Å². The summed E-state index contributed by atoms with van der Waals surface area (Å²) in [5, 5.41) is 8.70. The minimum absolute atomic E-state index is 0.169. The lowest BCUT2D eigenvalue weighted by Gasteiger charge is -2.08. The number of benzene rings is 2. The summed E-state index contributed by atoms with van der Waals surface area (Å²) < 4.78 is 1.83. The van der Waals surface area contributed by atoms with Crippen LogP contribution in [-0.2, 0) is 6.54 Å². The maximum Gasteiger partial charge on any atom is 0.251 e. The summed E-state index contributed by atoms with van der Waals surface area (Å²) in [6.45, 7) is 2.34. The van der Waals surface area contributed by atoms with Crippen molar-refractivity contribution in [2.24, 2.45) is 0 Å². The minimum atomic E-state index is -0.169. The third-order valence-electron chi connectivity index (χ3n) is 5.20. The maximum atomic E-state index is 12.7. The van der Waals surface area contributed by atoms with Crippen LogP contribution in [0.4, 0.5) is 0 Å². The SMILES string of the molecule is Cc1ccc(-c2nc3ccc(Sc4ccccc4)nn3c2CNC(=O)c2ccncc2)cc1. The summed E-state index contributed by atoms with van der Waals surface area (Å²) in [5.41, 5.74) is 5.08. The molecule has 0 aliphatic heterocycles. The number of aryl methyl sites for hydroxylation is 1. The Morgan fingerprint density at radius 2 is 1.70 bits per heavy atom. The Morgan fingerprint density at radius 1 is 0.939 bits per heavy atom. The molecule has 0 spiro atoms. The van der Waals surface area contributed by atoms with Crippen molar-refractivity contribution < 1.29 is 4.79 Å². The Balaban J connectivity index is 1.53. The van der Waals surface area contributed by atoms with E-state index >= 15 is 0 Å². The lowest BCUT2D eigenvalue weighted by atomic mass is 10.1. The van der Waals surface area contributed by atoms with Gasteiger partial charge in [0.1, 0.15) is 5.03 Å². The number of imidazole rings is 1. The second-order valence-corrected chi connectivity index (χ2v) is 8.64. The fourth-order valence-corrected chi connectivity index (χ4v) is 4.29. The zero-order chi connectivity index (χ0) is 22.6. The number of pyridine rings is 1. The number of nitrogens with zero attached hydrogens (tertiary/aromatic N) is 4. The standard InChI is InChI=1S/C26H21N5OS/c1-18-7-9-19(10-8-18)25-22(17-28-26(32)20-13-15-27-16-14-20)31-23(29-25)11-12-24(30-31)33-21-5-3-2-4-6-21/h2-16H,17H2,1H3,(H,28,32). The lowest BCUT2D eigenvalue weighted by Crippen LogP contribution is -2.24. The molecule has 0 aliphatic carbocycles. The largest absolute Gasteiger partial charge is 0.346 e. The van der Waals surface area contributed by atoms with Gasteiger partial charge in [-0.05, 0) is 43.3 Å². The average molecular weight is 452 g/mol. The normalized spacial score (nSPS) is 10.9. The Kier molecular flexibility index (Phi) is 5.87. The van der Waals surface area contributed by atoms with Crippen molar-refractivity contribution >= 4 is 23.3 Å². The van der Waals surface area contributed by atoms with Crippen LogP contribution < -0.4 is 5.32 Å². The molecule has 0 saturated heterocycles. The van der Waals surface area contributed by atoms with E-state index in [9.17, 15) is 4.79 Å². The summed E-state index contributed by atoms with van der Waals surface area (Å²) in [4.78, 5) is 22.6. The quantitative estimate of drug-likeness (QED) is 0.385. The number of hydrogen-bond donors (Lipinski definition) is 1. The molecular weight excluding hydrogens is 430 g/mol. The fraction of sp³-hybridized carbons (Fsp3) is 0.0769. The van der Waals surface area contributed by atoms with E-state index in [-0.39, 0.29) is 12.5 Å². The van der Waals surface area contributed by atoms with E-state index in [1.54, 1.807) is 36.3 Å². The van der Waals surface area contributed by atoms with Crippen LogP contribution in [-0.4, -0.2) is 25.5 Å². The van der Waals surface area contributed by atoms with Crippen molar-refractivity contribution in [1.82, 2.24) is 24.9 Å². The number of aromatic nitrogens is 4. The molecule has 0 saturated carbocycles. The van der Waals surface area contributed by atoms with Crippen molar-refractivity contribution in [2.75, 3.05) is 0 Å². The van der Waals surface area contributed by atoms with E-state index in [4.69, 9.17) is 10.1 Å². The predicted molar refractivity (Wildman–Crippen MR) is 129 cm³/mol. The Hall–Kier alpha value is -3.97. The summed E-state index contributed by atoms with van der Waals surface area (Å²) in [7, 11) is 0. The number of amides is 1. The highest BCUT2D eigenvalue weighted by atomic mass is 32.2. The molecule has 1 N–H and O–H groups in total. The minimum Gasteiger partial charge on any atom is -0.346 e. The van der Waals surface area contributed by atoms with Gasteiger partial charge < -0.3 is 5.32 Å². The third-order valence-corrected chi connectivity index (χ3v) is 6.13. The van der Waals surface area contributed by atoms with Gasteiger partial charge in [-0.15, -0.1) is 0 Å². The highest BCUT2D eigenvalue weighted by Crippen LogP contribution is 2.28. The molecule has 33 heavy (non-hydrogen) atoms. The monoisotopic (exact) mass is 451 g/mol. The molecule has 162 valence electrons. The molecule has 7 heteroatoms. The summed E-state index contributed by atoms with van der Waals surface area (Å²) in [5.74, 6) is -0.169. The number of carbonyl (C=O) groups excluding carboxylic acids is 1. The number of nitrogens with one attached hydrogen (secondary N) is 1. The van der Waals surface area contributed by atoms with Crippen LogP contribution >= 0.6 is 11.8 Å². The van der Waals surface area contributed by atoms with Gasteiger partial charge in [0.05, 0.1) is 17.9 Å². The third kappa shape index (κ3) is 4.63. The van der Waals surface area contributed by atoms with Crippen LogP contribution in [0.15, 0.2) is 101 Å². The molecule has 0 aliphatic rings. The average Bonchev–Trinajstić information content (AvgIpc) is 3.22. The van der Waals surface area contributed by atoms with Crippen molar-refractivity contribution in [3.05, 3.63) is 108 Å². The number of hydrogen-bond acceptors (Lipinski definition) is 5. The molecule has 0 bridgehead atoms. The Morgan fingerprint density at radius 3 is 2.45 bits per heavy atom. The van der Waals surface area contributed by atoms with Gasteiger partial charge in [0.25, 0.3) is 5.91 Å². The summed E-state index contributed by atoms with van der Waals surface area (Å²) >= 11 is 1.59. The number of rotatable bonds is 6. The smallest absolute Gasteiger partial charge is 0.251 e. The first kappa shape index (κ1) is 20.9. The van der Waals surface area contributed by atoms with Crippen molar-refractivity contribution in [3.63, 3.8) is 0 Å². The number of carbonyl (C=O) groups is 1. The van der Waals surface area contributed by atoms with Gasteiger partial charge in [-0.3, -0.25) is 9.78 Å². The molecule has 0 fully saturated rings. The highest BCUT2D eigenvalue weighted by Gasteiger charge is 2.17. The van der Waals surface area contributed by atoms with Crippen LogP contribution in [0, 0.1) is 6.92 Å². The molecule has 2 aromatic carbocycles. The van der Waals surface area contributed by atoms with Crippen molar-refractivity contribution in [2.45, 2.75) is 23.4 Å². The molecule has 0 atom stereocenters. The first-order valence-electron chi connectivity index (χ1n) is 10.5. The van der Waals surface area contributed by atoms with Crippen LogP contribution in [0.5, 0.6) is 0 Å². The van der Waals surface area contributed by atoms with Crippen molar-refractivity contribution in [3.8, 4) is 11.3 Å². The zero-order valence-corrected chi connectivity index (χ0v) is 18.8. The fourth-order valence-electron chi connectivity index (χ4n) is 3.50. The topological polar surface area (TPSA) is 72.2 Å². The van der Waals surface area contributed by atoms with Crippen LogP contribution in [0.2, 0.25) is 0 Å². The van der Waals surface area contributed by atoms with E-state index in [0.29, 0.717) is 5.56 Å². The van der Waals surface area contributed by atoms with Crippen LogP contribution in [0.25, 0.3) is 16.9 Å². The molecular formula is C26H21N5OS. The van der Waals surface area contributed by atoms with Gasteiger partial charge in [0.15, 0.2) is 5.65 Å². The Labute approximate surface area is 195 Å². The molecule has 6 nitrogen and oxygen atoms in total. The molecule has 5 aromatic rings. The van der Waals surface area contributed by atoms with E-state index in [2.05, 4.69) is 41.5 Å². The maximum absolute atomic E-state index is 12.7. The second kappa shape index (κ2) is 9.26. The zero-order valence-electron chi connectivity index (χ0n) is 18.0. The van der Waals surface area contributed by atoms with E-state index in [1.165, 1.54) is 5.56 Å². The lowest BCUT2D eigenvalue weighted by molar-refractivity contribution is 0.0950. The molecule has 0 radical (unpaired) electrons. The predicted octanol–water partition coefficient (Wildman–Crippen LogP) is 5.18. The van der Waals surface area contributed by atoms with Gasteiger partial charge in [0, 0.05) is 28.4 Å². The second-order valence-electron chi connectivity index (χ2n) is 7.55. The van der Waals surface area contributed by atoms with E-state index in [1.807, 2.05) is 47.0 Å². The van der Waals surface area contributed by atoms with Gasteiger partial charge in [-0.25, -0.2) is 9.50 Å².